The Kier molecular flexibility index (Phi) is 7.30. The van der Waals surface area contributed by atoms with Crippen molar-refractivity contribution in [2.75, 3.05) is 11.1 Å². The number of carboxylic acids is 1. The molecule has 1 aromatic heterocycles. The Balaban J connectivity index is 1.19. The van der Waals surface area contributed by atoms with Crippen LogP contribution in [0.1, 0.15) is 71.6 Å². The number of nitrogens with zero attached hydrogens (tertiary/aromatic N) is 2. The maximum Gasteiger partial charge on any atom is 0.335 e. The smallest absolute Gasteiger partial charge is 0.335 e. The molecule has 0 radical (unpaired) electrons. The highest BCUT2D eigenvalue weighted by molar-refractivity contribution is 5.97. The third kappa shape index (κ3) is 5.39. The van der Waals surface area contributed by atoms with Crippen LogP contribution in [-0.2, 0) is 19.5 Å². The van der Waals surface area contributed by atoms with Crippen molar-refractivity contribution in [3.05, 3.63) is 114 Å². The molecule has 0 unspecified atom stereocenters. The number of hydrogen-bond acceptors (Lipinski definition) is 9. The molecule has 12 nitrogen and oxygen atoms in total. The zero-order valence-corrected chi connectivity index (χ0v) is 22.0. The van der Waals surface area contributed by atoms with E-state index in [1.54, 1.807) is 25.1 Å². The number of anilines is 2. The van der Waals surface area contributed by atoms with Crippen molar-refractivity contribution in [1.29, 1.82) is 0 Å². The van der Waals surface area contributed by atoms with Gasteiger partial charge in [0.15, 0.2) is 0 Å². The molecule has 0 saturated heterocycles. The number of aromatic carboxylic acids is 1. The minimum atomic E-state index is -0.988. The van der Waals surface area contributed by atoms with Crippen LogP contribution in [0.4, 0.5) is 11.4 Å². The maximum atomic E-state index is 13.0. The molecule has 6 N–H and O–H groups in total. The topological polar surface area (TPSA) is 193 Å². The summed E-state index contributed by atoms with van der Waals surface area (Å²) < 4.78 is 0. The number of nitrogens with one attached hydrogen (secondary N) is 3. The maximum absolute atomic E-state index is 13.0. The number of rotatable bonds is 9. The van der Waals surface area contributed by atoms with Crippen molar-refractivity contribution in [2.24, 2.45) is 0 Å². The van der Waals surface area contributed by atoms with Crippen LogP contribution in [0, 0.1) is 6.92 Å². The molecule has 5 rings (SSSR count). The van der Waals surface area contributed by atoms with E-state index in [0.29, 0.717) is 18.4 Å². The highest BCUT2D eigenvalue weighted by atomic mass is 16.4. The van der Waals surface area contributed by atoms with Gasteiger partial charge in [-0.3, -0.25) is 19.2 Å². The van der Waals surface area contributed by atoms with Gasteiger partial charge in [-0.15, -0.1) is 0 Å². The summed E-state index contributed by atoms with van der Waals surface area (Å²) in [4.78, 5) is 68.1. The normalized spacial score (nSPS) is 13.9. The van der Waals surface area contributed by atoms with Gasteiger partial charge in [0.25, 0.3) is 22.7 Å². The summed E-state index contributed by atoms with van der Waals surface area (Å²) in [6.07, 6.45) is 2.41. The number of carboxylic acid groups (broad SMARTS) is 1. The number of fused-ring (bicyclic) bond motifs is 1. The van der Waals surface area contributed by atoms with E-state index in [1.165, 1.54) is 6.07 Å². The number of carbonyl (C=O) groups is 3. The third-order valence-electron chi connectivity index (χ3n) is 7.22. The minimum absolute atomic E-state index is 0.0207. The summed E-state index contributed by atoms with van der Waals surface area (Å²) in [6.45, 7) is 2.22. The lowest BCUT2D eigenvalue weighted by atomic mass is 9.98. The Morgan fingerprint density at radius 1 is 0.976 bits per heavy atom. The van der Waals surface area contributed by atoms with Crippen LogP contribution in [0.3, 0.4) is 0 Å². The molecule has 3 aromatic carbocycles. The number of amides is 2. The predicted octanol–water partition coefficient (Wildman–Crippen LogP) is 1.62. The summed E-state index contributed by atoms with van der Waals surface area (Å²) in [7, 11) is 0. The first kappa shape index (κ1) is 27.2. The Labute approximate surface area is 233 Å². The third-order valence-corrected chi connectivity index (χ3v) is 7.22. The van der Waals surface area contributed by atoms with E-state index in [9.17, 15) is 29.1 Å². The molecule has 2 amide bonds. The molecule has 1 aliphatic carbocycles. The van der Waals surface area contributed by atoms with Gasteiger partial charge in [0.05, 0.1) is 11.6 Å². The summed E-state index contributed by atoms with van der Waals surface area (Å²) in [5, 5.41) is 17.9. The molecule has 0 spiro atoms. The Morgan fingerprint density at radius 3 is 2.39 bits per heavy atom. The molecule has 12 heteroatoms. The van der Waals surface area contributed by atoms with Gasteiger partial charge in [-0.2, -0.15) is 0 Å². The lowest BCUT2D eigenvalue weighted by Crippen LogP contribution is -2.36. The van der Waals surface area contributed by atoms with Crippen molar-refractivity contribution in [3.8, 4) is 0 Å². The van der Waals surface area contributed by atoms with Crippen LogP contribution in [0.5, 0.6) is 0 Å². The van der Waals surface area contributed by atoms with Crippen molar-refractivity contribution >= 4 is 29.2 Å². The molecule has 1 aliphatic rings. The zero-order valence-electron chi connectivity index (χ0n) is 22.0. The highest BCUT2D eigenvalue weighted by Gasteiger charge is 2.28. The SMILES string of the molecule is Cc1c(C(=O)O)ccc2c1CC[C@@H]2NC(=O)c1cc(C(=O)NCc2cccc(CNc3c(N)c(=O)c3=O)c2)ncn1. The number of nitrogens with two attached hydrogens (primary N) is 1. The first-order valence-electron chi connectivity index (χ1n) is 12.8. The molecule has 0 bridgehead atoms. The number of carbonyl (C=O) groups excluding carboxylic acids is 2. The standard InChI is InChI=1S/C29H26N6O6/c1-14-17-7-8-20(19(17)6-5-18(14)29(40)41)35-28(39)22-10-21(33-13-34-22)27(38)32-12-16-4-2-3-15(9-16)11-31-24-23(30)25(36)26(24)37/h2-6,9-10,13,20,31H,7-8,11-12,30H2,1H3,(H,32,38)(H,35,39)(H,40,41)/t20-/m0/s1. The summed E-state index contributed by atoms with van der Waals surface area (Å²) in [5.41, 5.74) is 8.63. The van der Waals surface area contributed by atoms with Gasteiger partial charge in [-0.05, 0) is 53.6 Å². The molecule has 1 atom stereocenters. The van der Waals surface area contributed by atoms with Crippen LogP contribution in [0.2, 0.25) is 0 Å². The van der Waals surface area contributed by atoms with Gasteiger partial charge in [-0.1, -0.05) is 30.3 Å². The van der Waals surface area contributed by atoms with Crippen molar-refractivity contribution < 1.29 is 19.5 Å². The second kappa shape index (κ2) is 11.0. The van der Waals surface area contributed by atoms with Gasteiger partial charge >= 0.3 is 5.97 Å². The van der Waals surface area contributed by atoms with Crippen LogP contribution in [0.25, 0.3) is 0 Å². The second-order valence-electron chi connectivity index (χ2n) is 9.77. The van der Waals surface area contributed by atoms with Crippen LogP contribution in [0.15, 0.2) is 58.4 Å². The fourth-order valence-corrected chi connectivity index (χ4v) is 5.00. The van der Waals surface area contributed by atoms with Gasteiger partial charge < -0.3 is 26.8 Å². The van der Waals surface area contributed by atoms with Gasteiger partial charge in [-0.25, -0.2) is 14.8 Å². The van der Waals surface area contributed by atoms with Crippen LogP contribution < -0.4 is 32.5 Å². The zero-order chi connectivity index (χ0) is 29.3. The molecule has 0 saturated carbocycles. The fraction of sp³-hybridized carbons (Fsp3) is 0.207. The van der Waals surface area contributed by atoms with Crippen molar-refractivity contribution in [1.82, 2.24) is 20.6 Å². The van der Waals surface area contributed by atoms with E-state index in [0.717, 1.165) is 28.6 Å². The van der Waals surface area contributed by atoms with Crippen LogP contribution in [-0.4, -0.2) is 32.9 Å². The number of aromatic nitrogens is 2. The van der Waals surface area contributed by atoms with Crippen LogP contribution >= 0.6 is 0 Å². The van der Waals surface area contributed by atoms with Crippen molar-refractivity contribution in [3.63, 3.8) is 0 Å². The second-order valence-corrected chi connectivity index (χ2v) is 9.77. The summed E-state index contributed by atoms with van der Waals surface area (Å²) >= 11 is 0. The quantitative estimate of drug-likeness (QED) is 0.190. The fourth-order valence-electron chi connectivity index (χ4n) is 5.00. The first-order chi connectivity index (χ1) is 19.6. The Hall–Kier alpha value is -5.39. The number of nitrogen functional groups attached to an aromatic ring is 1. The lowest BCUT2D eigenvalue weighted by molar-refractivity contribution is 0.0695. The van der Waals surface area contributed by atoms with E-state index in [4.69, 9.17) is 5.73 Å². The molecule has 1 heterocycles. The van der Waals surface area contributed by atoms with Gasteiger partial charge in [0, 0.05) is 19.2 Å². The largest absolute Gasteiger partial charge is 0.478 e. The summed E-state index contributed by atoms with van der Waals surface area (Å²) in [6, 6.07) is 11.5. The van der Waals surface area contributed by atoms with E-state index in [2.05, 4.69) is 25.9 Å². The lowest BCUT2D eigenvalue weighted by Gasteiger charge is -2.15. The molecule has 208 valence electrons. The van der Waals surface area contributed by atoms with Gasteiger partial charge in [0.2, 0.25) is 0 Å². The van der Waals surface area contributed by atoms with Gasteiger partial charge in [0.1, 0.15) is 29.1 Å². The number of hydrogen-bond donors (Lipinski definition) is 5. The average Bonchev–Trinajstić information content (AvgIpc) is 3.39. The molecule has 0 aliphatic heterocycles. The van der Waals surface area contributed by atoms with E-state index in [-0.39, 0.29) is 47.5 Å². The van der Waals surface area contributed by atoms with Crippen molar-refractivity contribution in [2.45, 2.75) is 38.9 Å². The Morgan fingerprint density at radius 2 is 1.68 bits per heavy atom. The predicted molar refractivity (Wildman–Crippen MR) is 149 cm³/mol. The highest BCUT2D eigenvalue weighted by Crippen LogP contribution is 2.34. The Bertz CT molecular complexity index is 1770. The average molecular weight is 555 g/mol. The van der Waals surface area contributed by atoms with E-state index < -0.39 is 28.6 Å². The molecular formula is C29H26N6O6. The summed E-state index contributed by atoms with van der Waals surface area (Å²) in [5.74, 6) is -1.95. The molecule has 0 fully saturated rings. The molecule has 41 heavy (non-hydrogen) atoms. The monoisotopic (exact) mass is 554 g/mol. The number of benzene rings is 2. The minimum Gasteiger partial charge on any atom is -0.478 e. The van der Waals surface area contributed by atoms with E-state index >= 15 is 0 Å². The first-order valence-corrected chi connectivity index (χ1v) is 12.8. The van der Waals surface area contributed by atoms with E-state index in [1.807, 2.05) is 18.2 Å². The molecule has 4 aromatic rings. The molecular weight excluding hydrogens is 528 g/mol.